The minimum atomic E-state index is -1.03. The Bertz CT molecular complexity index is 1480. The van der Waals surface area contributed by atoms with Gasteiger partial charge >= 0.3 is 5.97 Å². The van der Waals surface area contributed by atoms with Crippen molar-refractivity contribution in [1.29, 1.82) is 0 Å². The average molecular weight is 605 g/mol. The van der Waals surface area contributed by atoms with Crippen LogP contribution in [0.4, 0.5) is 8.78 Å². The number of aliphatic carboxylic acids is 1. The first kappa shape index (κ1) is 31.6. The monoisotopic (exact) mass is 604 g/mol. The number of carbonyl (C=O) groups is 2. The zero-order valence-electron chi connectivity index (χ0n) is 25.9. The van der Waals surface area contributed by atoms with E-state index in [4.69, 9.17) is 4.74 Å². The lowest BCUT2D eigenvalue weighted by molar-refractivity contribution is -0.154. The van der Waals surface area contributed by atoms with E-state index in [2.05, 4.69) is 5.32 Å². The Labute approximate surface area is 258 Å². The number of hydrogen-bond donors (Lipinski definition) is 2. The molecule has 3 aromatic carbocycles. The molecule has 0 unspecified atom stereocenters. The maximum absolute atomic E-state index is 14.7. The Morgan fingerprint density at radius 1 is 0.977 bits per heavy atom. The van der Waals surface area contributed by atoms with Crippen molar-refractivity contribution in [3.8, 4) is 16.9 Å². The molecule has 0 aromatic heterocycles. The number of halogens is 2. The highest BCUT2D eigenvalue weighted by Gasteiger charge is 2.58. The van der Waals surface area contributed by atoms with E-state index in [1.54, 1.807) is 30.2 Å². The van der Waals surface area contributed by atoms with Gasteiger partial charge in [0.1, 0.15) is 11.8 Å². The Balaban J connectivity index is 1.58. The third-order valence-electron chi connectivity index (χ3n) is 9.34. The normalized spacial score (nSPS) is 22.6. The summed E-state index contributed by atoms with van der Waals surface area (Å²) >= 11 is 0. The lowest BCUT2D eigenvalue weighted by atomic mass is 9.72. The van der Waals surface area contributed by atoms with Gasteiger partial charge in [-0.25, -0.2) is 13.6 Å². The van der Waals surface area contributed by atoms with Crippen LogP contribution in [0, 0.1) is 28.9 Å². The quantitative estimate of drug-likeness (QED) is 0.281. The molecule has 6 nitrogen and oxygen atoms in total. The first-order chi connectivity index (χ1) is 21.0. The summed E-state index contributed by atoms with van der Waals surface area (Å²) in [4.78, 5) is 29.1. The maximum Gasteiger partial charge on any atom is 0.326 e. The van der Waals surface area contributed by atoms with Gasteiger partial charge in [-0.1, -0.05) is 88.6 Å². The highest BCUT2D eigenvalue weighted by Crippen LogP contribution is 2.49. The van der Waals surface area contributed by atoms with Gasteiger partial charge in [-0.2, -0.15) is 0 Å². The summed E-state index contributed by atoms with van der Waals surface area (Å²) in [5, 5.41) is 14.4. The van der Waals surface area contributed by atoms with E-state index >= 15 is 0 Å². The molecule has 0 radical (unpaired) electrons. The molecule has 44 heavy (non-hydrogen) atoms. The van der Waals surface area contributed by atoms with Gasteiger partial charge in [-0.05, 0) is 47.6 Å². The smallest absolute Gasteiger partial charge is 0.326 e. The lowest BCUT2D eigenvalue weighted by Crippen LogP contribution is -2.49. The number of benzene rings is 3. The molecule has 234 valence electrons. The number of likely N-dealkylation sites (tertiary alicyclic amines) is 1. The number of amides is 1. The minimum Gasteiger partial charge on any atom is -0.496 e. The number of rotatable bonds is 8. The molecule has 5 rings (SSSR count). The molecule has 1 heterocycles. The zero-order chi connectivity index (χ0) is 31.6. The predicted octanol–water partition coefficient (Wildman–Crippen LogP) is 7.38. The summed E-state index contributed by atoms with van der Waals surface area (Å²) in [5.74, 6) is -3.03. The first-order valence-corrected chi connectivity index (χ1v) is 15.5. The van der Waals surface area contributed by atoms with E-state index < -0.39 is 47.1 Å². The Kier molecular flexibility index (Phi) is 9.39. The highest BCUT2D eigenvalue weighted by molar-refractivity contribution is 5.87. The predicted molar refractivity (Wildman–Crippen MR) is 166 cm³/mol. The molecule has 4 atom stereocenters. The lowest BCUT2D eigenvalue weighted by Gasteiger charge is -2.36. The molecule has 0 bridgehead atoms. The minimum absolute atomic E-state index is 0.0920. The fraction of sp³-hybridized carbons (Fsp3) is 0.444. The standard InChI is InChI=1S/C36H42F2N2O4/c1-36(2,3)29-31(39-21-25-20-24(18-19-28(25)44-4)26-16-11-17-27(37)30(26)38)32(22-12-7-5-8-13-22)40(33(29)35(42)43)34(41)23-14-9-6-10-15-23/h5,7-8,11-13,16-20,23,29,31-33,39H,6,9-10,14-15,21H2,1-4H3,(H,42,43)/t29-,31-,32-,33-/m0/s1. The molecule has 2 N–H and O–H groups in total. The third-order valence-corrected chi connectivity index (χ3v) is 9.34. The van der Waals surface area contributed by atoms with Gasteiger partial charge in [0.2, 0.25) is 5.91 Å². The molecular formula is C36H42F2N2O4. The van der Waals surface area contributed by atoms with E-state index in [1.807, 2.05) is 51.1 Å². The second-order valence-corrected chi connectivity index (χ2v) is 13.1. The number of hydrogen-bond acceptors (Lipinski definition) is 4. The van der Waals surface area contributed by atoms with E-state index in [-0.39, 0.29) is 23.9 Å². The highest BCUT2D eigenvalue weighted by atomic mass is 19.2. The van der Waals surface area contributed by atoms with E-state index in [0.717, 1.165) is 43.7 Å². The van der Waals surface area contributed by atoms with Crippen LogP contribution in [0.25, 0.3) is 11.1 Å². The van der Waals surface area contributed by atoms with E-state index in [0.29, 0.717) is 16.9 Å². The van der Waals surface area contributed by atoms with Crippen LogP contribution in [0.3, 0.4) is 0 Å². The second-order valence-electron chi connectivity index (χ2n) is 13.1. The summed E-state index contributed by atoms with van der Waals surface area (Å²) < 4.78 is 34.4. The van der Waals surface area contributed by atoms with Crippen LogP contribution in [-0.4, -0.2) is 41.1 Å². The first-order valence-electron chi connectivity index (χ1n) is 15.5. The molecule has 1 saturated heterocycles. The van der Waals surface area contributed by atoms with Crippen LogP contribution in [0.2, 0.25) is 0 Å². The molecular weight excluding hydrogens is 562 g/mol. The molecule has 3 aromatic rings. The summed E-state index contributed by atoms with van der Waals surface area (Å²) in [6.07, 6.45) is 4.54. The molecule has 2 fully saturated rings. The molecule has 1 amide bonds. The van der Waals surface area contributed by atoms with Crippen molar-refractivity contribution < 1.29 is 28.2 Å². The number of ether oxygens (including phenoxy) is 1. The number of nitrogens with zero attached hydrogens (tertiary/aromatic N) is 1. The fourth-order valence-corrected chi connectivity index (χ4v) is 7.33. The zero-order valence-corrected chi connectivity index (χ0v) is 25.9. The largest absolute Gasteiger partial charge is 0.496 e. The third kappa shape index (κ3) is 6.23. The number of nitrogens with one attached hydrogen (secondary N) is 1. The summed E-state index contributed by atoms with van der Waals surface area (Å²) in [5.41, 5.74) is 1.73. The summed E-state index contributed by atoms with van der Waals surface area (Å²) in [6.45, 7) is 6.32. The maximum atomic E-state index is 14.7. The van der Waals surface area contributed by atoms with Crippen molar-refractivity contribution in [3.05, 3.63) is 89.5 Å². The van der Waals surface area contributed by atoms with Crippen LogP contribution >= 0.6 is 0 Å². The topological polar surface area (TPSA) is 78.9 Å². The summed E-state index contributed by atoms with van der Waals surface area (Å²) in [7, 11) is 1.55. The van der Waals surface area contributed by atoms with Gasteiger partial charge in [0.05, 0.1) is 13.2 Å². The SMILES string of the molecule is COc1ccc(-c2cccc(F)c2F)cc1CN[C@H]1[C@H](C(C)(C)C)[C@@H](C(=O)O)N(C(=O)C2CCCCC2)[C@H]1c1ccccc1. The Hall–Kier alpha value is -3.78. The Morgan fingerprint density at radius 2 is 1.68 bits per heavy atom. The molecule has 2 aliphatic rings. The van der Waals surface area contributed by atoms with Crippen molar-refractivity contribution in [2.45, 2.75) is 77.5 Å². The van der Waals surface area contributed by atoms with Crippen LogP contribution in [0.5, 0.6) is 5.75 Å². The van der Waals surface area contributed by atoms with Crippen LogP contribution in [0.15, 0.2) is 66.7 Å². The van der Waals surface area contributed by atoms with Gasteiger partial charge in [0.15, 0.2) is 11.6 Å². The van der Waals surface area contributed by atoms with Crippen LogP contribution < -0.4 is 10.1 Å². The molecule has 1 aliphatic heterocycles. The van der Waals surface area contributed by atoms with E-state index in [9.17, 15) is 23.5 Å². The average Bonchev–Trinajstić information content (AvgIpc) is 3.38. The van der Waals surface area contributed by atoms with Gasteiger partial charge in [-0.15, -0.1) is 0 Å². The van der Waals surface area contributed by atoms with Crippen LogP contribution in [0.1, 0.15) is 70.0 Å². The summed E-state index contributed by atoms with van der Waals surface area (Å²) in [6, 6.07) is 16.9. The van der Waals surface area contributed by atoms with E-state index in [1.165, 1.54) is 12.1 Å². The van der Waals surface area contributed by atoms with Crippen molar-refractivity contribution >= 4 is 11.9 Å². The van der Waals surface area contributed by atoms with Crippen molar-refractivity contribution in [2.75, 3.05) is 7.11 Å². The van der Waals surface area contributed by atoms with Crippen LogP contribution in [-0.2, 0) is 16.1 Å². The fourth-order valence-electron chi connectivity index (χ4n) is 7.33. The number of carboxylic acids is 1. The molecule has 1 saturated carbocycles. The second kappa shape index (κ2) is 13.1. The molecule has 8 heteroatoms. The van der Waals surface area contributed by atoms with Crippen molar-refractivity contribution in [1.82, 2.24) is 10.2 Å². The number of methoxy groups -OCH3 is 1. The number of carbonyl (C=O) groups excluding carboxylic acids is 1. The molecule has 0 spiro atoms. The van der Waals surface area contributed by atoms with Gasteiger partial charge < -0.3 is 20.1 Å². The van der Waals surface area contributed by atoms with Gasteiger partial charge in [-0.3, -0.25) is 4.79 Å². The molecule has 1 aliphatic carbocycles. The Morgan fingerprint density at radius 3 is 2.32 bits per heavy atom. The number of carboxylic acid groups (broad SMARTS) is 1. The van der Waals surface area contributed by atoms with Crippen molar-refractivity contribution in [2.24, 2.45) is 17.3 Å². The van der Waals surface area contributed by atoms with Gasteiger partial charge in [0.25, 0.3) is 0 Å². The van der Waals surface area contributed by atoms with Gasteiger partial charge in [0, 0.05) is 35.5 Å². The van der Waals surface area contributed by atoms with Crippen molar-refractivity contribution in [3.63, 3.8) is 0 Å².